The fourth-order valence-electron chi connectivity index (χ4n) is 4.78. The number of ether oxygens (including phenoxy) is 2. The summed E-state index contributed by atoms with van der Waals surface area (Å²) in [6, 6.07) is 31.9. The lowest BCUT2D eigenvalue weighted by Crippen LogP contribution is -2.38. The Labute approximate surface area is 232 Å². The first kappa shape index (κ1) is 26.3. The number of alkyl halides is 3. The molecule has 0 aliphatic heterocycles. The van der Waals surface area contributed by atoms with Gasteiger partial charge in [-0.1, -0.05) is 119 Å². The second-order valence-electron chi connectivity index (χ2n) is 8.42. The Morgan fingerprint density at radius 3 is 1.84 bits per heavy atom. The Morgan fingerprint density at radius 1 is 0.842 bits per heavy atom. The van der Waals surface area contributed by atoms with Crippen LogP contribution in [0.3, 0.4) is 0 Å². The van der Waals surface area contributed by atoms with E-state index in [1.807, 2.05) is 59.3 Å². The molecule has 0 saturated carbocycles. The third-order valence-corrected chi connectivity index (χ3v) is 6.98. The van der Waals surface area contributed by atoms with E-state index in [0.29, 0.717) is 27.1 Å². The second-order valence-corrected chi connectivity index (χ2v) is 9.37. The molecule has 2 heterocycles. The van der Waals surface area contributed by atoms with Crippen LogP contribution < -0.4 is 4.74 Å². The van der Waals surface area contributed by atoms with Crippen LogP contribution in [0.4, 0.5) is 8.78 Å². The Morgan fingerprint density at radius 2 is 1.37 bits per heavy atom. The quantitative estimate of drug-likeness (QED) is 0.0726. The van der Waals surface area contributed by atoms with Crippen molar-refractivity contribution in [1.29, 1.82) is 0 Å². The van der Waals surface area contributed by atoms with Crippen LogP contribution in [0.15, 0.2) is 97.1 Å². The highest BCUT2D eigenvalue weighted by molar-refractivity contribution is 9.08. The molecule has 0 atom stereocenters. The van der Waals surface area contributed by atoms with E-state index in [0.717, 1.165) is 16.7 Å². The van der Waals surface area contributed by atoms with Gasteiger partial charge in [0, 0.05) is 11.4 Å². The van der Waals surface area contributed by atoms with Gasteiger partial charge in [0.25, 0.3) is 0 Å². The van der Waals surface area contributed by atoms with Crippen LogP contribution >= 0.6 is 27.5 Å². The average molecular weight is 599 g/mol. The van der Waals surface area contributed by atoms with Gasteiger partial charge in [-0.25, -0.2) is 9.67 Å². The first-order valence-electron chi connectivity index (χ1n) is 11.9. The van der Waals surface area contributed by atoms with Crippen molar-refractivity contribution in [2.24, 2.45) is 0 Å². The van der Waals surface area contributed by atoms with Crippen LogP contribution in [0.25, 0.3) is 10.9 Å². The third kappa shape index (κ3) is 4.91. The number of rotatable bonds is 10. The van der Waals surface area contributed by atoms with Gasteiger partial charge in [0.2, 0.25) is 5.88 Å². The molecule has 0 saturated heterocycles. The van der Waals surface area contributed by atoms with Crippen molar-refractivity contribution in [1.82, 2.24) is 14.8 Å². The predicted molar refractivity (Wildman–Crippen MR) is 147 cm³/mol. The van der Waals surface area contributed by atoms with E-state index in [4.69, 9.17) is 21.4 Å². The van der Waals surface area contributed by atoms with E-state index in [1.54, 1.807) is 6.07 Å². The van der Waals surface area contributed by atoms with Gasteiger partial charge in [0.15, 0.2) is 0 Å². The summed E-state index contributed by atoms with van der Waals surface area (Å²) in [6.45, 7) is -3.29. The van der Waals surface area contributed by atoms with Crippen molar-refractivity contribution < 1.29 is 18.3 Å². The zero-order valence-electron chi connectivity index (χ0n) is 20.1. The summed E-state index contributed by atoms with van der Waals surface area (Å²) < 4.78 is 37.4. The smallest absolute Gasteiger partial charge is 0.345 e. The number of fused-ring (bicyclic) bond motifs is 1. The topological polar surface area (TPSA) is 49.2 Å². The zero-order chi connectivity index (χ0) is 26.5. The summed E-state index contributed by atoms with van der Waals surface area (Å²) in [5, 5.41) is 6.30. The summed E-state index contributed by atoms with van der Waals surface area (Å²) >= 11 is 10.0. The molecule has 9 heteroatoms. The van der Waals surface area contributed by atoms with Crippen molar-refractivity contribution in [3.05, 3.63) is 125 Å². The van der Waals surface area contributed by atoms with Gasteiger partial charge in [-0.05, 0) is 16.7 Å². The summed E-state index contributed by atoms with van der Waals surface area (Å²) in [5.74, 6) is 0.253. The van der Waals surface area contributed by atoms with Gasteiger partial charge in [-0.15, -0.1) is 5.10 Å². The minimum absolute atomic E-state index is 0.115. The number of aromatic nitrogens is 3. The van der Waals surface area contributed by atoms with Gasteiger partial charge < -0.3 is 9.47 Å². The van der Waals surface area contributed by atoms with Gasteiger partial charge in [-0.2, -0.15) is 8.78 Å². The molecule has 5 aromatic rings. The second kappa shape index (κ2) is 11.6. The molecule has 0 bridgehead atoms. The Hall–Kier alpha value is -3.33. The maximum atomic E-state index is 12.6. The van der Waals surface area contributed by atoms with Crippen molar-refractivity contribution >= 4 is 38.4 Å². The Kier molecular flexibility index (Phi) is 8.02. The number of nitrogens with zero attached hydrogens (tertiary/aromatic N) is 3. The molecule has 5 nitrogen and oxygen atoms in total. The lowest BCUT2D eigenvalue weighted by atomic mass is 9.77. The van der Waals surface area contributed by atoms with E-state index >= 15 is 0 Å². The highest BCUT2D eigenvalue weighted by Crippen LogP contribution is 2.44. The molecule has 2 aromatic heterocycles. The fraction of sp³-hybridized carbons (Fsp3) is 0.172. The first-order valence-corrected chi connectivity index (χ1v) is 13.4. The predicted octanol–water partition coefficient (Wildman–Crippen LogP) is 7.44. The van der Waals surface area contributed by atoms with E-state index in [2.05, 4.69) is 62.0 Å². The number of hydrogen-bond donors (Lipinski definition) is 0. The summed E-state index contributed by atoms with van der Waals surface area (Å²) in [5.41, 5.74) is 3.25. The fourth-order valence-corrected chi connectivity index (χ4v) is 5.39. The third-order valence-electron chi connectivity index (χ3n) is 6.26. The summed E-state index contributed by atoms with van der Waals surface area (Å²) in [4.78, 5) is 4.48. The highest BCUT2D eigenvalue weighted by Gasteiger charge is 2.41. The summed E-state index contributed by atoms with van der Waals surface area (Å²) in [6.07, 6.45) is 0. The molecular weight excluding hydrogens is 576 g/mol. The highest BCUT2D eigenvalue weighted by atomic mass is 79.9. The van der Waals surface area contributed by atoms with Crippen LogP contribution in [0.1, 0.15) is 22.4 Å². The van der Waals surface area contributed by atoms with Crippen molar-refractivity contribution in [2.45, 2.75) is 17.5 Å². The molecule has 0 amide bonds. The number of benzene rings is 3. The number of halogens is 4. The molecule has 0 spiro atoms. The van der Waals surface area contributed by atoms with Gasteiger partial charge in [0.1, 0.15) is 17.3 Å². The monoisotopic (exact) mass is 597 g/mol. The Bertz CT molecular complexity index is 1410. The normalized spacial score (nSPS) is 11.8. The number of hydrogen-bond acceptors (Lipinski definition) is 4. The van der Waals surface area contributed by atoms with Crippen molar-refractivity contribution in [3.63, 3.8) is 0 Å². The largest absolute Gasteiger partial charge is 0.474 e. The Balaban J connectivity index is 1.85. The molecular formula is C29H23BrClF2N3O2. The van der Waals surface area contributed by atoms with Crippen LogP contribution in [0, 0.1) is 0 Å². The average Bonchev–Trinajstić information content (AvgIpc) is 3.31. The molecule has 0 fully saturated rings. The van der Waals surface area contributed by atoms with Crippen molar-refractivity contribution in [3.8, 4) is 5.88 Å². The molecule has 0 radical (unpaired) electrons. The van der Waals surface area contributed by atoms with Gasteiger partial charge in [-0.3, -0.25) is 0 Å². The zero-order valence-corrected chi connectivity index (χ0v) is 22.4. The SMILES string of the molecule is FC(F)OCCOc1nn(C(c2ccccc2)(c2ccccc2)c2ccccc2)c2cc(Cl)nc(CBr)c12. The molecule has 0 unspecified atom stereocenters. The van der Waals surface area contributed by atoms with Gasteiger partial charge in [0.05, 0.1) is 23.2 Å². The van der Waals surface area contributed by atoms with Gasteiger partial charge >= 0.3 is 6.61 Å². The van der Waals surface area contributed by atoms with E-state index < -0.39 is 12.2 Å². The first-order chi connectivity index (χ1) is 18.6. The molecule has 0 aliphatic carbocycles. The molecule has 194 valence electrons. The molecule has 5 rings (SSSR count). The van der Waals surface area contributed by atoms with E-state index in [-0.39, 0.29) is 19.1 Å². The van der Waals surface area contributed by atoms with E-state index in [1.165, 1.54) is 0 Å². The number of pyridine rings is 1. The van der Waals surface area contributed by atoms with Crippen LogP contribution in [-0.4, -0.2) is 34.6 Å². The molecule has 38 heavy (non-hydrogen) atoms. The maximum absolute atomic E-state index is 12.6. The maximum Gasteiger partial charge on any atom is 0.345 e. The minimum Gasteiger partial charge on any atom is -0.474 e. The summed E-state index contributed by atoms with van der Waals surface area (Å²) in [7, 11) is 0. The molecule has 3 aromatic carbocycles. The standard InChI is InChI=1S/C29H23BrClF2N3O2/c30-19-23-26-24(18-25(31)34-23)36(35-27(26)37-16-17-38-28(32)33)29(20-10-4-1-5-11-20,21-12-6-2-7-13-21)22-14-8-3-9-15-22/h1-15,18,28H,16-17,19H2. The molecule has 0 N–H and O–H groups in total. The lowest BCUT2D eigenvalue weighted by Gasteiger charge is -2.36. The van der Waals surface area contributed by atoms with Crippen molar-refractivity contribution in [2.75, 3.05) is 13.2 Å². The van der Waals surface area contributed by atoms with Crippen LogP contribution in [0.5, 0.6) is 5.88 Å². The van der Waals surface area contributed by atoms with Crippen LogP contribution in [0.2, 0.25) is 5.15 Å². The minimum atomic E-state index is -2.88. The molecule has 0 aliphatic rings. The lowest BCUT2D eigenvalue weighted by molar-refractivity contribution is -0.133. The van der Waals surface area contributed by atoms with E-state index in [9.17, 15) is 8.78 Å². The van der Waals surface area contributed by atoms with Crippen LogP contribution in [-0.2, 0) is 15.6 Å².